The molecule has 3 heterocycles. The third-order valence-corrected chi connectivity index (χ3v) is 8.43. The molecule has 32 heavy (non-hydrogen) atoms. The quantitative estimate of drug-likeness (QED) is 0.618. The Hall–Kier alpha value is -2.49. The molecule has 0 N–H and O–H groups in total. The number of nitrogens with zero attached hydrogens (tertiary/aromatic N) is 4. The third-order valence-electron chi connectivity index (χ3n) is 6.52. The van der Waals surface area contributed by atoms with Crippen molar-refractivity contribution in [1.29, 1.82) is 0 Å². The number of carbonyl (C=O) groups is 2. The summed E-state index contributed by atoms with van der Waals surface area (Å²) in [6, 6.07) is 10.4. The van der Waals surface area contributed by atoms with Gasteiger partial charge >= 0.3 is 0 Å². The minimum Gasteiger partial charge on any atom is -0.353 e. The van der Waals surface area contributed by atoms with Crippen LogP contribution in [0.15, 0.2) is 47.5 Å². The lowest BCUT2D eigenvalue weighted by molar-refractivity contribution is -0.133. The molecule has 0 aliphatic carbocycles. The Morgan fingerprint density at radius 2 is 1.69 bits per heavy atom. The van der Waals surface area contributed by atoms with E-state index in [2.05, 4.69) is 15.5 Å². The second-order valence-corrected chi connectivity index (χ2v) is 10.5. The molecular formula is C23H30N4O4S. The van der Waals surface area contributed by atoms with Gasteiger partial charge in [0, 0.05) is 50.7 Å². The topological polar surface area (TPSA) is 82.9 Å². The van der Waals surface area contributed by atoms with Crippen LogP contribution in [-0.4, -0.2) is 78.0 Å². The van der Waals surface area contributed by atoms with Crippen LogP contribution in [0, 0.1) is 0 Å². The van der Waals surface area contributed by atoms with Crippen LogP contribution in [0.3, 0.4) is 0 Å². The molecule has 9 heteroatoms. The van der Waals surface area contributed by atoms with E-state index in [1.807, 2.05) is 19.3 Å². The molecule has 4 rings (SSSR count). The summed E-state index contributed by atoms with van der Waals surface area (Å²) in [5, 5.41) is 0. The summed E-state index contributed by atoms with van der Waals surface area (Å²) < 4.78 is 29.4. The van der Waals surface area contributed by atoms with E-state index >= 15 is 0 Å². The van der Waals surface area contributed by atoms with E-state index in [4.69, 9.17) is 0 Å². The number of hydrogen-bond donors (Lipinski definition) is 0. The van der Waals surface area contributed by atoms with Crippen LogP contribution in [0.1, 0.15) is 41.9 Å². The van der Waals surface area contributed by atoms with E-state index in [9.17, 15) is 18.0 Å². The van der Waals surface area contributed by atoms with E-state index in [1.54, 1.807) is 4.90 Å². The Morgan fingerprint density at radius 1 is 1.00 bits per heavy atom. The molecule has 0 unspecified atom stereocenters. The van der Waals surface area contributed by atoms with Crippen LogP contribution >= 0.6 is 0 Å². The minimum atomic E-state index is -3.65. The number of ketones is 1. The first-order chi connectivity index (χ1) is 15.3. The fraction of sp³-hybridized carbons (Fsp3) is 0.478. The normalized spacial score (nSPS) is 20.6. The number of likely N-dealkylation sites (tertiary alicyclic amines) is 1. The van der Waals surface area contributed by atoms with Gasteiger partial charge in [-0.1, -0.05) is 12.1 Å². The zero-order valence-corrected chi connectivity index (χ0v) is 19.4. The first-order valence-corrected chi connectivity index (χ1v) is 12.5. The van der Waals surface area contributed by atoms with Crippen molar-refractivity contribution < 1.29 is 18.0 Å². The molecule has 1 aromatic heterocycles. The first-order valence-electron chi connectivity index (χ1n) is 11.0. The molecule has 2 aliphatic rings. The predicted molar refractivity (Wildman–Crippen MR) is 121 cm³/mol. The molecule has 0 spiro atoms. The van der Waals surface area contributed by atoms with Crippen molar-refractivity contribution in [3.63, 3.8) is 0 Å². The molecule has 1 aromatic carbocycles. The first kappa shape index (κ1) is 22.7. The summed E-state index contributed by atoms with van der Waals surface area (Å²) in [7, 11) is -1.62. The van der Waals surface area contributed by atoms with Gasteiger partial charge in [0.1, 0.15) is 0 Å². The summed E-state index contributed by atoms with van der Waals surface area (Å²) in [6.45, 7) is 4.00. The van der Waals surface area contributed by atoms with E-state index in [-0.39, 0.29) is 35.7 Å². The molecule has 0 saturated carbocycles. The number of amides is 1. The van der Waals surface area contributed by atoms with Crippen molar-refractivity contribution in [1.82, 2.24) is 18.7 Å². The molecule has 2 aromatic rings. The zero-order chi connectivity index (χ0) is 22.9. The maximum atomic E-state index is 13.0. The number of Topliss-reactive ketones (excluding diaryl/α,β-unsaturated/α-hetero) is 1. The lowest BCUT2D eigenvalue weighted by Crippen LogP contribution is -2.52. The van der Waals surface area contributed by atoms with E-state index in [1.165, 1.54) is 41.2 Å². The van der Waals surface area contributed by atoms with Gasteiger partial charge in [0.25, 0.3) is 0 Å². The maximum absolute atomic E-state index is 13.0. The van der Waals surface area contributed by atoms with Gasteiger partial charge in [-0.3, -0.25) is 14.5 Å². The van der Waals surface area contributed by atoms with Gasteiger partial charge < -0.3 is 9.47 Å². The lowest BCUT2D eigenvalue weighted by atomic mass is 10.1. The Bertz CT molecular complexity index is 1090. The Labute approximate surface area is 189 Å². The number of benzene rings is 1. The molecule has 8 nitrogen and oxygen atoms in total. The van der Waals surface area contributed by atoms with Crippen LogP contribution in [0.25, 0.3) is 0 Å². The second-order valence-electron chi connectivity index (χ2n) is 8.54. The number of piperazine rings is 1. The Morgan fingerprint density at radius 3 is 2.28 bits per heavy atom. The largest absolute Gasteiger partial charge is 0.353 e. The molecular weight excluding hydrogens is 428 g/mol. The van der Waals surface area contributed by atoms with Crippen LogP contribution in [-0.2, 0) is 21.9 Å². The molecule has 0 radical (unpaired) electrons. The monoisotopic (exact) mass is 458 g/mol. The standard InChI is InChI=1S/C23H30N4O4S/c1-18(28)19-7-9-20(10-8-19)32(30,31)27-15-13-25(14-16-27)23(29)17-26-12-4-6-22(26)21-5-3-11-24(21)2/h3,5,7-11,22H,4,6,12-17H2,1-2H3/t22-/m0/s1. The molecule has 2 fully saturated rings. The van der Waals surface area contributed by atoms with Gasteiger partial charge in [0.05, 0.1) is 17.5 Å². The Balaban J connectivity index is 1.35. The predicted octanol–water partition coefficient (Wildman–Crippen LogP) is 1.90. The van der Waals surface area contributed by atoms with Crippen molar-refractivity contribution in [3.8, 4) is 0 Å². The molecule has 172 valence electrons. The molecule has 0 bridgehead atoms. The third kappa shape index (κ3) is 4.51. The molecule has 2 aliphatic heterocycles. The fourth-order valence-electron chi connectivity index (χ4n) is 4.63. The highest BCUT2D eigenvalue weighted by atomic mass is 32.2. The fourth-order valence-corrected chi connectivity index (χ4v) is 6.06. The van der Waals surface area contributed by atoms with E-state index in [0.29, 0.717) is 25.2 Å². The maximum Gasteiger partial charge on any atom is 0.243 e. The van der Waals surface area contributed by atoms with Gasteiger partial charge in [-0.25, -0.2) is 8.42 Å². The summed E-state index contributed by atoms with van der Waals surface area (Å²) in [5.41, 5.74) is 1.71. The van der Waals surface area contributed by atoms with Gasteiger partial charge in [0.15, 0.2) is 5.78 Å². The minimum absolute atomic E-state index is 0.0500. The average molecular weight is 459 g/mol. The Kier molecular flexibility index (Phi) is 6.50. The molecule has 2 saturated heterocycles. The lowest BCUT2D eigenvalue weighted by Gasteiger charge is -2.35. The molecule has 1 atom stereocenters. The van der Waals surface area contributed by atoms with Crippen molar-refractivity contribution in [3.05, 3.63) is 53.9 Å². The van der Waals surface area contributed by atoms with Crippen LogP contribution < -0.4 is 0 Å². The second kappa shape index (κ2) is 9.17. The number of carbonyl (C=O) groups excluding carboxylic acids is 2. The zero-order valence-electron chi connectivity index (χ0n) is 18.6. The van der Waals surface area contributed by atoms with Crippen molar-refractivity contribution in [2.24, 2.45) is 7.05 Å². The highest BCUT2D eigenvalue weighted by Crippen LogP contribution is 2.31. The average Bonchev–Trinajstić information content (AvgIpc) is 3.42. The van der Waals surface area contributed by atoms with E-state index in [0.717, 1.165) is 19.4 Å². The van der Waals surface area contributed by atoms with Gasteiger partial charge in [0.2, 0.25) is 15.9 Å². The summed E-state index contributed by atoms with van der Waals surface area (Å²) in [6.07, 6.45) is 4.14. The number of aryl methyl sites for hydroxylation is 1. The highest BCUT2D eigenvalue weighted by molar-refractivity contribution is 7.89. The number of sulfonamides is 1. The summed E-state index contributed by atoms with van der Waals surface area (Å²) in [5.74, 6) is -0.0533. The summed E-state index contributed by atoms with van der Waals surface area (Å²) >= 11 is 0. The molecule has 1 amide bonds. The van der Waals surface area contributed by atoms with Crippen LogP contribution in [0.4, 0.5) is 0 Å². The summed E-state index contributed by atoms with van der Waals surface area (Å²) in [4.78, 5) is 28.6. The number of aromatic nitrogens is 1. The SMILES string of the molecule is CC(=O)c1ccc(S(=O)(=O)N2CCN(C(=O)CN3CCC[C@H]3c3cccn3C)CC2)cc1. The van der Waals surface area contributed by atoms with Crippen molar-refractivity contribution in [2.75, 3.05) is 39.3 Å². The number of rotatable bonds is 6. The van der Waals surface area contributed by atoms with Gasteiger partial charge in [-0.05, 0) is 50.6 Å². The van der Waals surface area contributed by atoms with Crippen LogP contribution in [0.5, 0.6) is 0 Å². The smallest absolute Gasteiger partial charge is 0.243 e. The van der Waals surface area contributed by atoms with Crippen LogP contribution in [0.2, 0.25) is 0 Å². The van der Waals surface area contributed by atoms with E-state index < -0.39 is 10.0 Å². The van der Waals surface area contributed by atoms with Gasteiger partial charge in [-0.2, -0.15) is 4.31 Å². The highest BCUT2D eigenvalue weighted by Gasteiger charge is 2.33. The van der Waals surface area contributed by atoms with Crippen molar-refractivity contribution in [2.45, 2.75) is 30.7 Å². The van der Waals surface area contributed by atoms with Gasteiger partial charge in [-0.15, -0.1) is 0 Å². The van der Waals surface area contributed by atoms with Crippen molar-refractivity contribution >= 4 is 21.7 Å². The number of hydrogen-bond acceptors (Lipinski definition) is 5.